The van der Waals surface area contributed by atoms with Crippen molar-refractivity contribution in [2.75, 3.05) is 0 Å². The summed E-state index contributed by atoms with van der Waals surface area (Å²) < 4.78 is 0. The first kappa shape index (κ1) is 18.7. The van der Waals surface area contributed by atoms with Crippen molar-refractivity contribution in [3.8, 4) is 10.6 Å². The Hall–Kier alpha value is -2.70. The summed E-state index contributed by atoms with van der Waals surface area (Å²) in [7, 11) is 0. The van der Waals surface area contributed by atoms with E-state index in [2.05, 4.69) is 10.3 Å². The average molecular weight is 413 g/mol. The molecule has 0 bridgehead atoms. The molecule has 0 saturated heterocycles. The van der Waals surface area contributed by atoms with Gasteiger partial charge in [0.05, 0.1) is 17.1 Å². The van der Waals surface area contributed by atoms with Crippen LogP contribution in [-0.2, 0) is 28.9 Å². The van der Waals surface area contributed by atoms with E-state index < -0.39 is 11.5 Å². The Kier molecular flexibility index (Phi) is 4.91. The summed E-state index contributed by atoms with van der Waals surface area (Å²) in [6, 6.07) is 15.0. The monoisotopic (exact) mass is 412 g/mol. The van der Waals surface area contributed by atoms with Gasteiger partial charge < -0.3 is 10.4 Å². The molecule has 2 aromatic carbocycles. The normalized spacial score (nSPS) is 14.5. The lowest BCUT2D eigenvalue weighted by atomic mass is 9.95. The molecule has 1 aliphatic carbocycles. The SMILES string of the molecule is O=C(Cc1csc(-c2ccccc2Cl)n1)NC1(C(=O)O)Cc2ccccc2C1. The summed E-state index contributed by atoms with van der Waals surface area (Å²) in [4.78, 5) is 29.1. The Morgan fingerprint density at radius 2 is 1.75 bits per heavy atom. The molecule has 0 atom stereocenters. The van der Waals surface area contributed by atoms with Crippen molar-refractivity contribution in [3.63, 3.8) is 0 Å². The van der Waals surface area contributed by atoms with Crippen molar-refractivity contribution in [3.05, 3.63) is 75.8 Å². The Balaban J connectivity index is 1.49. The number of carboxylic acid groups (broad SMARTS) is 1. The van der Waals surface area contributed by atoms with Gasteiger partial charge in [-0.2, -0.15) is 0 Å². The van der Waals surface area contributed by atoms with E-state index in [1.54, 1.807) is 11.4 Å². The second-order valence-electron chi connectivity index (χ2n) is 6.86. The largest absolute Gasteiger partial charge is 0.479 e. The molecule has 2 N–H and O–H groups in total. The van der Waals surface area contributed by atoms with E-state index >= 15 is 0 Å². The van der Waals surface area contributed by atoms with Crippen molar-refractivity contribution in [1.82, 2.24) is 10.3 Å². The zero-order valence-corrected chi connectivity index (χ0v) is 16.4. The van der Waals surface area contributed by atoms with E-state index in [9.17, 15) is 14.7 Å². The van der Waals surface area contributed by atoms with Gasteiger partial charge >= 0.3 is 5.97 Å². The number of carbonyl (C=O) groups excluding carboxylic acids is 1. The summed E-state index contributed by atoms with van der Waals surface area (Å²) in [5.74, 6) is -1.38. The molecule has 1 aromatic heterocycles. The van der Waals surface area contributed by atoms with Crippen LogP contribution < -0.4 is 5.32 Å². The first-order chi connectivity index (χ1) is 13.5. The maximum Gasteiger partial charge on any atom is 0.330 e. The lowest BCUT2D eigenvalue weighted by Gasteiger charge is -2.25. The molecule has 3 aromatic rings. The van der Waals surface area contributed by atoms with Gasteiger partial charge in [-0.15, -0.1) is 11.3 Å². The number of benzene rings is 2. The van der Waals surface area contributed by atoms with Crippen LogP contribution in [0.5, 0.6) is 0 Å². The van der Waals surface area contributed by atoms with Crippen molar-refractivity contribution < 1.29 is 14.7 Å². The molecule has 0 fully saturated rings. The third-order valence-electron chi connectivity index (χ3n) is 4.89. The van der Waals surface area contributed by atoms with Gasteiger partial charge in [0, 0.05) is 23.8 Å². The van der Waals surface area contributed by atoms with E-state index in [1.807, 2.05) is 42.5 Å². The van der Waals surface area contributed by atoms with Crippen molar-refractivity contribution in [1.29, 1.82) is 0 Å². The van der Waals surface area contributed by atoms with Crippen LogP contribution >= 0.6 is 22.9 Å². The number of thiazole rings is 1. The zero-order chi connectivity index (χ0) is 19.7. The van der Waals surface area contributed by atoms with Crippen LogP contribution in [0.4, 0.5) is 0 Å². The fourth-order valence-electron chi connectivity index (χ4n) is 3.53. The molecule has 1 aliphatic rings. The van der Waals surface area contributed by atoms with Crippen LogP contribution in [-0.4, -0.2) is 27.5 Å². The molecule has 4 rings (SSSR count). The number of hydrogen-bond donors (Lipinski definition) is 2. The molecule has 0 radical (unpaired) electrons. The second-order valence-corrected chi connectivity index (χ2v) is 8.12. The minimum absolute atomic E-state index is 0.0202. The first-order valence-corrected chi connectivity index (χ1v) is 10.0. The van der Waals surface area contributed by atoms with Crippen LogP contribution in [0.3, 0.4) is 0 Å². The summed E-state index contributed by atoms with van der Waals surface area (Å²) in [5.41, 5.74) is 2.02. The molecule has 7 heteroatoms. The number of carbonyl (C=O) groups is 2. The first-order valence-electron chi connectivity index (χ1n) is 8.77. The number of hydrogen-bond acceptors (Lipinski definition) is 4. The van der Waals surface area contributed by atoms with E-state index in [4.69, 9.17) is 11.6 Å². The minimum Gasteiger partial charge on any atom is -0.479 e. The highest BCUT2D eigenvalue weighted by Crippen LogP contribution is 2.32. The summed E-state index contributed by atoms with van der Waals surface area (Å²) in [6.45, 7) is 0. The topological polar surface area (TPSA) is 79.3 Å². The highest BCUT2D eigenvalue weighted by molar-refractivity contribution is 7.13. The van der Waals surface area contributed by atoms with Crippen LogP contribution in [0.1, 0.15) is 16.8 Å². The zero-order valence-electron chi connectivity index (χ0n) is 14.8. The molecule has 1 heterocycles. The van der Waals surface area contributed by atoms with E-state index in [-0.39, 0.29) is 25.2 Å². The van der Waals surface area contributed by atoms with Gasteiger partial charge in [-0.1, -0.05) is 54.1 Å². The molecule has 5 nitrogen and oxygen atoms in total. The molecule has 142 valence electrons. The fraction of sp³-hybridized carbons (Fsp3) is 0.190. The van der Waals surface area contributed by atoms with Gasteiger partial charge in [-0.25, -0.2) is 9.78 Å². The minimum atomic E-state index is -1.30. The van der Waals surface area contributed by atoms with Crippen molar-refractivity contribution in [2.24, 2.45) is 0 Å². The number of halogens is 1. The predicted molar refractivity (Wildman–Crippen MR) is 109 cm³/mol. The number of aromatic nitrogens is 1. The third kappa shape index (κ3) is 3.53. The lowest BCUT2D eigenvalue weighted by molar-refractivity contribution is -0.147. The van der Waals surface area contributed by atoms with E-state index in [1.165, 1.54) is 11.3 Å². The average Bonchev–Trinajstić information content (AvgIpc) is 3.26. The number of aliphatic carboxylic acids is 1. The Morgan fingerprint density at radius 3 is 2.39 bits per heavy atom. The van der Waals surface area contributed by atoms with Crippen molar-refractivity contribution >= 4 is 34.8 Å². The Labute approximate surface area is 171 Å². The summed E-state index contributed by atoms with van der Waals surface area (Å²) in [6.07, 6.45) is 0.588. The molecule has 0 unspecified atom stereocenters. The quantitative estimate of drug-likeness (QED) is 0.669. The van der Waals surface area contributed by atoms with E-state index in [0.717, 1.165) is 21.7 Å². The number of amides is 1. The maximum atomic E-state index is 12.6. The van der Waals surface area contributed by atoms with Gasteiger partial charge in [0.15, 0.2) is 0 Å². The predicted octanol–water partition coefficient (Wildman–Crippen LogP) is 3.74. The highest BCUT2D eigenvalue weighted by Gasteiger charge is 2.45. The molecule has 28 heavy (non-hydrogen) atoms. The number of nitrogens with one attached hydrogen (secondary N) is 1. The standard InChI is InChI=1S/C21H17ClN2O3S/c22-17-8-4-3-7-16(17)19-23-15(12-28-19)9-18(25)24-21(20(26)27)10-13-5-1-2-6-14(13)11-21/h1-8,12H,9-11H2,(H,24,25)(H,26,27). The van der Waals surface area contributed by atoms with Crippen LogP contribution in [0.25, 0.3) is 10.6 Å². The molecule has 0 saturated carbocycles. The van der Waals surface area contributed by atoms with Crippen LogP contribution in [0, 0.1) is 0 Å². The van der Waals surface area contributed by atoms with Crippen molar-refractivity contribution in [2.45, 2.75) is 24.8 Å². The number of fused-ring (bicyclic) bond motifs is 1. The summed E-state index contributed by atoms with van der Waals surface area (Å²) in [5, 5.41) is 15.7. The molecule has 1 amide bonds. The smallest absolute Gasteiger partial charge is 0.330 e. The van der Waals surface area contributed by atoms with Gasteiger partial charge in [-0.05, 0) is 17.2 Å². The molecule has 0 spiro atoms. The maximum absolute atomic E-state index is 12.6. The number of carboxylic acids is 1. The molecular formula is C21H17ClN2O3S. The van der Waals surface area contributed by atoms with Crippen LogP contribution in [0.15, 0.2) is 53.9 Å². The van der Waals surface area contributed by atoms with Gasteiger partial charge in [0.1, 0.15) is 10.5 Å². The number of nitrogens with zero attached hydrogens (tertiary/aromatic N) is 1. The van der Waals surface area contributed by atoms with Gasteiger partial charge in [0.2, 0.25) is 5.91 Å². The second kappa shape index (κ2) is 7.37. The molecule has 0 aliphatic heterocycles. The Bertz CT molecular complexity index is 1040. The fourth-order valence-corrected chi connectivity index (χ4v) is 4.67. The summed E-state index contributed by atoms with van der Waals surface area (Å²) >= 11 is 7.61. The van der Waals surface area contributed by atoms with Crippen LogP contribution in [0.2, 0.25) is 5.02 Å². The van der Waals surface area contributed by atoms with E-state index in [0.29, 0.717) is 10.7 Å². The van der Waals surface area contributed by atoms with Gasteiger partial charge in [-0.3, -0.25) is 4.79 Å². The Morgan fingerprint density at radius 1 is 1.11 bits per heavy atom. The van der Waals surface area contributed by atoms with Gasteiger partial charge in [0.25, 0.3) is 0 Å². The third-order valence-corrected chi connectivity index (χ3v) is 6.14. The highest BCUT2D eigenvalue weighted by atomic mass is 35.5. The lowest BCUT2D eigenvalue weighted by Crippen LogP contribution is -2.55. The molecular weight excluding hydrogens is 396 g/mol. The number of rotatable bonds is 5.